The number of amides is 1. The normalized spacial score (nSPS) is 12.1. The van der Waals surface area contributed by atoms with Crippen LogP contribution < -0.4 is 10.6 Å². The van der Waals surface area contributed by atoms with Crippen LogP contribution in [0.15, 0.2) is 79.0 Å². The van der Waals surface area contributed by atoms with Gasteiger partial charge in [-0.2, -0.15) is 0 Å². The zero-order valence-corrected chi connectivity index (χ0v) is 17.5. The summed E-state index contributed by atoms with van der Waals surface area (Å²) in [6.07, 6.45) is 2.86. The molecule has 0 saturated heterocycles. The second-order valence-electron chi connectivity index (χ2n) is 7.36. The zero-order chi connectivity index (χ0) is 20.9. The highest BCUT2D eigenvalue weighted by atomic mass is 35.5. The Morgan fingerprint density at radius 2 is 1.80 bits per heavy atom. The largest absolute Gasteiger partial charge is 0.361 e. The number of aromatic amines is 1. The summed E-state index contributed by atoms with van der Waals surface area (Å²) in [4.78, 5) is 16.4. The van der Waals surface area contributed by atoms with Gasteiger partial charge in [0, 0.05) is 34.4 Å². The highest BCUT2D eigenvalue weighted by Gasteiger charge is 2.20. The van der Waals surface area contributed by atoms with Crippen molar-refractivity contribution in [3.8, 4) is 0 Å². The van der Waals surface area contributed by atoms with Crippen LogP contribution >= 0.6 is 11.6 Å². The van der Waals surface area contributed by atoms with Gasteiger partial charge < -0.3 is 15.6 Å². The summed E-state index contributed by atoms with van der Waals surface area (Å²) in [5.74, 6) is -0.111. The first kappa shape index (κ1) is 20.2. The topological polar surface area (TPSA) is 56.9 Å². The molecule has 0 aliphatic rings. The molecule has 152 valence electrons. The van der Waals surface area contributed by atoms with Crippen LogP contribution in [0.5, 0.6) is 0 Å². The fraction of sp³-hybridized carbons (Fsp3) is 0.160. The van der Waals surface area contributed by atoms with E-state index in [-0.39, 0.29) is 5.91 Å². The van der Waals surface area contributed by atoms with Gasteiger partial charge in [0.1, 0.15) is 6.04 Å². The van der Waals surface area contributed by atoms with Gasteiger partial charge in [0.15, 0.2) is 0 Å². The van der Waals surface area contributed by atoms with Crippen molar-refractivity contribution >= 4 is 34.1 Å². The van der Waals surface area contributed by atoms with Crippen LogP contribution in [0.1, 0.15) is 22.7 Å². The van der Waals surface area contributed by atoms with Gasteiger partial charge in [-0.1, -0.05) is 66.2 Å². The Balaban J connectivity index is 1.48. The molecule has 0 bridgehead atoms. The van der Waals surface area contributed by atoms with Crippen LogP contribution in [0.3, 0.4) is 0 Å². The van der Waals surface area contributed by atoms with Gasteiger partial charge in [0.25, 0.3) is 0 Å². The monoisotopic (exact) mass is 417 g/mol. The molecule has 5 heteroatoms. The molecule has 1 heterocycles. The van der Waals surface area contributed by atoms with E-state index in [1.807, 2.05) is 67.7 Å². The Bertz CT molecular complexity index is 1150. The highest BCUT2D eigenvalue weighted by Crippen LogP contribution is 2.22. The second-order valence-corrected chi connectivity index (χ2v) is 7.77. The molecule has 4 aromatic rings. The fourth-order valence-electron chi connectivity index (χ4n) is 3.58. The van der Waals surface area contributed by atoms with Gasteiger partial charge >= 0.3 is 0 Å². The first-order valence-electron chi connectivity index (χ1n) is 10.0. The summed E-state index contributed by atoms with van der Waals surface area (Å²) in [5.41, 5.74) is 4.95. The maximum absolute atomic E-state index is 13.1. The van der Waals surface area contributed by atoms with E-state index in [1.165, 1.54) is 10.9 Å². The van der Waals surface area contributed by atoms with Crippen molar-refractivity contribution in [1.29, 1.82) is 0 Å². The molecule has 4 nitrogen and oxygen atoms in total. The summed E-state index contributed by atoms with van der Waals surface area (Å²) < 4.78 is 0. The lowest BCUT2D eigenvalue weighted by Crippen LogP contribution is -2.34. The molecule has 3 N–H and O–H groups in total. The van der Waals surface area contributed by atoms with Crippen LogP contribution in [0.2, 0.25) is 5.02 Å². The van der Waals surface area contributed by atoms with E-state index < -0.39 is 6.04 Å². The number of H-pyrrole nitrogens is 1. The van der Waals surface area contributed by atoms with Crippen molar-refractivity contribution in [2.75, 3.05) is 11.9 Å². The van der Waals surface area contributed by atoms with Crippen molar-refractivity contribution in [1.82, 2.24) is 10.3 Å². The van der Waals surface area contributed by atoms with E-state index in [0.717, 1.165) is 23.1 Å². The molecule has 0 fully saturated rings. The molecule has 1 atom stereocenters. The predicted octanol–water partition coefficient (Wildman–Crippen LogP) is 5.64. The molecule has 0 spiro atoms. The van der Waals surface area contributed by atoms with Crippen molar-refractivity contribution in [2.45, 2.75) is 19.4 Å². The summed E-state index contributed by atoms with van der Waals surface area (Å²) in [5, 5.41) is 8.27. The Morgan fingerprint density at radius 1 is 1.03 bits per heavy atom. The standard InChI is InChI=1S/C25H24ClN3O/c1-17-11-12-20(15-22(17)26)29-25(30)24(18-7-3-2-4-8-18)27-14-13-19-16-28-23-10-6-5-9-21(19)23/h2-12,15-16,24,27-28H,13-14H2,1H3,(H,29,30)/t24-/m0/s1. The summed E-state index contributed by atoms with van der Waals surface area (Å²) in [7, 11) is 0. The number of nitrogens with one attached hydrogen (secondary N) is 3. The van der Waals surface area contributed by atoms with Crippen LogP contribution in [-0.2, 0) is 11.2 Å². The number of aromatic nitrogens is 1. The minimum atomic E-state index is -0.462. The highest BCUT2D eigenvalue weighted by molar-refractivity contribution is 6.31. The fourth-order valence-corrected chi connectivity index (χ4v) is 3.76. The average Bonchev–Trinajstić information content (AvgIpc) is 3.17. The number of halogens is 1. The molecule has 0 aliphatic carbocycles. The van der Waals surface area contributed by atoms with E-state index in [2.05, 4.69) is 27.8 Å². The minimum Gasteiger partial charge on any atom is -0.361 e. The number of hydrogen-bond donors (Lipinski definition) is 3. The Labute approximate surface area is 181 Å². The third-order valence-corrected chi connectivity index (χ3v) is 5.66. The predicted molar refractivity (Wildman–Crippen MR) is 124 cm³/mol. The van der Waals surface area contributed by atoms with Gasteiger partial charge in [0.2, 0.25) is 5.91 Å². The number of aryl methyl sites for hydroxylation is 1. The zero-order valence-electron chi connectivity index (χ0n) is 16.8. The van der Waals surface area contributed by atoms with E-state index in [0.29, 0.717) is 17.3 Å². The lowest BCUT2D eigenvalue weighted by atomic mass is 10.0. The molecule has 0 radical (unpaired) electrons. The summed E-state index contributed by atoms with van der Waals surface area (Å²) in [6.45, 7) is 2.61. The quantitative estimate of drug-likeness (QED) is 0.364. The van der Waals surface area contributed by atoms with E-state index >= 15 is 0 Å². The minimum absolute atomic E-state index is 0.111. The van der Waals surface area contributed by atoms with Gasteiger partial charge in [-0.25, -0.2) is 0 Å². The number of carbonyl (C=O) groups is 1. The summed E-state index contributed by atoms with van der Waals surface area (Å²) in [6, 6.07) is 23.1. The Hall–Kier alpha value is -3.08. The Kier molecular flexibility index (Phi) is 6.17. The third kappa shape index (κ3) is 4.56. The third-order valence-electron chi connectivity index (χ3n) is 5.25. The van der Waals surface area contributed by atoms with Crippen molar-refractivity contribution in [3.05, 3.63) is 101 Å². The molecular formula is C25H24ClN3O. The molecule has 1 amide bonds. The number of hydrogen-bond acceptors (Lipinski definition) is 2. The molecular weight excluding hydrogens is 394 g/mol. The van der Waals surface area contributed by atoms with Gasteiger partial charge in [-0.15, -0.1) is 0 Å². The van der Waals surface area contributed by atoms with Gasteiger partial charge in [-0.3, -0.25) is 4.79 Å². The number of benzene rings is 3. The first-order chi connectivity index (χ1) is 14.6. The van der Waals surface area contributed by atoms with Crippen LogP contribution in [0.4, 0.5) is 5.69 Å². The van der Waals surface area contributed by atoms with E-state index in [4.69, 9.17) is 11.6 Å². The smallest absolute Gasteiger partial charge is 0.246 e. The lowest BCUT2D eigenvalue weighted by Gasteiger charge is -2.19. The van der Waals surface area contributed by atoms with Gasteiger partial charge in [0.05, 0.1) is 0 Å². The lowest BCUT2D eigenvalue weighted by molar-refractivity contribution is -0.118. The SMILES string of the molecule is Cc1ccc(NC(=O)[C@@H](NCCc2c[nH]c3ccccc23)c2ccccc2)cc1Cl. The maximum Gasteiger partial charge on any atom is 0.246 e. The number of fused-ring (bicyclic) bond motifs is 1. The van der Waals surface area contributed by atoms with Crippen molar-refractivity contribution in [2.24, 2.45) is 0 Å². The van der Waals surface area contributed by atoms with Crippen LogP contribution in [0.25, 0.3) is 10.9 Å². The average molecular weight is 418 g/mol. The number of rotatable bonds is 7. The van der Waals surface area contributed by atoms with E-state index in [9.17, 15) is 4.79 Å². The van der Waals surface area contributed by atoms with Crippen LogP contribution in [-0.4, -0.2) is 17.4 Å². The van der Waals surface area contributed by atoms with Crippen molar-refractivity contribution < 1.29 is 4.79 Å². The second kappa shape index (κ2) is 9.16. The molecule has 0 saturated carbocycles. The number of carbonyl (C=O) groups excluding carboxylic acids is 1. The Morgan fingerprint density at radius 3 is 2.60 bits per heavy atom. The molecule has 30 heavy (non-hydrogen) atoms. The molecule has 3 aromatic carbocycles. The first-order valence-corrected chi connectivity index (χ1v) is 10.4. The summed E-state index contributed by atoms with van der Waals surface area (Å²) >= 11 is 6.21. The molecule has 1 aromatic heterocycles. The molecule has 4 rings (SSSR count). The molecule has 0 aliphatic heterocycles. The number of anilines is 1. The number of para-hydroxylation sites is 1. The van der Waals surface area contributed by atoms with Gasteiger partial charge in [-0.05, 0) is 48.2 Å². The van der Waals surface area contributed by atoms with E-state index in [1.54, 1.807) is 6.07 Å². The molecule has 0 unspecified atom stereocenters. The maximum atomic E-state index is 13.1. The van der Waals surface area contributed by atoms with Crippen molar-refractivity contribution in [3.63, 3.8) is 0 Å². The van der Waals surface area contributed by atoms with Crippen LogP contribution in [0, 0.1) is 6.92 Å².